The summed E-state index contributed by atoms with van der Waals surface area (Å²) in [6.07, 6.45) is 0.260. The minimum atomic E-state index is -0.284. The van der Waals surface area contributed by atoms with Gasteiger partial charge >= 0.3 is 0 Å². The largest absolute Gasteiger partial charge is 0.347 e. The van der Waals surface area contributed by atoms with Gasteiger partial charge in [-0.25, -0.2) is 0 Å². The van der Waals surface area contributed by atoms with Gasteiger partial charge < -0.3 is 10.6 Å². The molecule has 2 aromatic rings. The van der Waals surface area contributed by atoms with Gasteiger partial charge in [0.1, 0.15) is 0 Å². The predicted octanol–water partition coefficient (Wildman–Crippen LogP) is 3.25. The van der Waals surface area contributed by atoms with Crippen molar-refractivity contribution in [1.82, 2.24) is 5.32 Å². The van der Waals surface area contributed by atoms with E-state index in [1.807, 2.05) is 38.1 Å². The summed E-state index contributed by atoms with van der Waals surface area (Å²) in [5.41, 5.74) is 3.46. The molecule has 0 aromatic heterocycles. The van der Waals surface area contributed by atoms with Gasteiger partial charge in [0.2, 0.25) is 11.8 Å². The second kappa shape index (κ2) is 7.79. The van der Waals surface area contributed by atoms with E-state index in [0.717, 1.165) is 16.7 Å². The second-order valence-electron chi connectivity index (χ2n) is 5.34. The standard InChI is InChI=1S/C18H19ClN2O2/c1-12-6-3-4-7-14(12)10-17(22)20-11-18(23)21-16-9-5-8-15(19)13(16)2/h3-9H,10-11H2,1-2H3,(H,20,22)(H,21,23). The maximum Gasteiger partial charge on any atom is 0.243 e. The molecular weight excluding hydrogens is 312 g/mol. The van der Waals surface area contributed by atoms with Gasteiger partial charge in [0, 0.05) is 10.7 Å². The molecule has 0 aliphatic rings. The smallest absolute Gasteiger partial charge is 0.243 e. The molecule has 2 N–H and O–H groups in total. The van der Waals surface area contributed by atoms with Gasteiger partial charge in [-0.1, -0.05) is 41.9 Å². The highest BCUT2D eigenvalue weighted by molar-refractivity contribution is 6.31. The Morgan fingerprint density at radius 3 is 2.48 bits per heavy atom. The lowest BCUT2D eigenvalue weighted by atomic mass is 10.1. The lowest BCUT2D eigenvalue weighted by Gasteiger charge is -2.10. The van der Waals surface area contributed by atoms with Crippen LogP contribution in [0.5, 0.6) is 0 Å². The number of carbonyl (C=O) groups excluding carboxylic acids is 2. The first-order chi connectivity index (χ1) is 11.0. The Labute approximate surface area is 140 Å². The van der Waals surface area contributed by atoms with Crippen LogP contribution in [0.4, 0.5) is 5.69 Å². The average Bonchev–Trinajstić information content (AvgIpc) is 2.52. The summed E-state index contributed by atoms with van der Waals surface area (Å²) < 4.78 is 0. The molecule has 0 saturated heterocycles. The highest BCUT2D eigenvalue weighted by atomic mass is 35.5. The summed E-state index contributed by atoms with van der Waals surface area (Å²) in [6.45, 7) is 3.71. The van der Waals surface area contributed by atoms with Crippen molar-refractivity contribution in [2.75, 3.05) is 11.9 Å². The van der Waals surface area contributed by atoms with Crippen molar-refractivity contribution in [2.45, 2.75) is 20.3 Å². The van der Waals surface area contributed by atoms with Crippen LogP contribution in [-0.4, -0.2) is 18.4 Å². The van der Waals surface area contributed by atoms with Crippen molar-refractivity contribution >= 4 is 29.1 Å². The molecule has 0 spiro atoms. The van der Waals surface area contributed by atoms with Crippen LogP contribution in [0.25, 0.3) is 0 Å². The molecule has 4 nitrogen and oxygen atoms in total. The highest BCUT2D eigenvalue weighted by Gasteiger charge is 2.10. The van der Waals surface area contributed by atoms with Gasteiger partial charge in [-0.2, -0.15) is 0 Å². The van der Waals surface area contributed by atoms with Gasteiger partial charge in [0.05, 0.1) is 13.0 Å². The first-order valence-electron chi connectivity index (χ1n) is 7.33. The minimum absolute atomic E-state index is 0.0728. The number of aryl methyl sites for hydroxylation is 1. The fourth-order valence-electron chi connectivity index (χ4n) is 2.16. The molecule has 0 saturated carbocycles. The fraction of sp³-hybridized carbons (Fsp3) is 0.222. The topological polar surface area (TPSA) is 58.2 Å². The molecule has 5 heteroatoms. The van der Waals surface area contributed by atoms with Crippen molar-refractivity contribution in [3.05, 3.63) is 64.2 Å². The zero-order valence-electron chi connectivity index (χ0n) is 13.2. The molecule has 0 bridgehead atoms. The Hall–Kier alpha value is -2.33. The summed E-state index contributed by atoms with van der Waals surface area (Å²) >= 11 is 6.01. The van der Waals surface area contributed by atoms with Crippen LogP contribution in [-0.2, 0) is 16.0 Å². The van der Waals surface area contributed by atoms with Gasteiger partial charge in [-0.15, -0.1) is 0 Å². The molecular formula is C18H19ClN2O2. The monoisotopic (exact) mass is 330 g/mol. The van der Waals surface area contributed by atoms with Crippen LogP contribution in [0.3, 0.4) is 0 Å². The maximum absolute atomic E-state index is 11.9. The van der Waals surface area contributed by atoms with E-state index in [4.69, 9.17) is 11.6 Å². The Morgan fingerprint density at radius 1 is 1.00 bits per heavy atom. The quantitative estimate of drug-likeness (QED) is 0.884. The number of nitrogens with one attached hydrogen (secondary N) is 2. The molecule has 0 heterocycles. The van der Waals surface area contributed by atoms with E-state index >= 15 is 0 Å². The van der Waals surface area contributed by atoms with Gasteiger partial charge in [-0.3, -0.25) is 9.59 Å². The summed E-state index contributed by atoms with van der Waals surface area (Å²) in [5.74, 6) is -0.467. The van der Waals surface area contributed by atoms with Gasteiger partial charge in [-0.05, 0) is 42.7 Å². The van der Waals surface area contributed by atoms with E-state index in [0.29, 0.717) is 10.7 Å². The number of rotatable bonds is 5. The molecule has 0 atom stereocenters. The molecule has 0 aliphatic carbocycles. The maximum atomic E-state index is 11.9. The van der Waals surface area contributed by atoms with Crippen molar-refractivity contribution < 1.29 is 9.59 Å². The lowest BCUT2D eigenvalue weighted by Crippen LogP contribution is -2.34. The molecule has 0 fully saturated rings. The number of carbonyl (C=O) groups is 2. The molecule has 0 radical (unpaired) electrons. The van der Waals surface area contributed by atoms with Crippen LogP contribution < -0.4 is 10.6 Å². The Kier molecular flexibility index (Phi) is 5.77. The van der Waals surface area contributed by atoms with Crippen molar-refractivity contribution in [2.24, 2.45) is 0 Å². The third kappa shape index (κ3) is 4.83. The van der Waals surface area contributed by atoms with E-state index in [9.17, 15) is 9.59 Å². The molecule has 2 rings (SSSR count). The Bertz CT molecular complexity index is 729. The van der Waals surface area contributed by atoms with E-state index in [1.54, 1.807) is 18.2 Å². The van der Waals surface area contributed by atoms with E-state index in [2.05, 4.69) is 10.6 Å². The van der Waals surface area contributed by atoms with Crippen LogP contribution in [0.2, 0.25) is 5.02 Å². The minimum Gasteiger partial charge on any atom is -0.347 e. The zero-order valence-corrected chi connectivity index (χ0v) is 13.9. The SMILES string of the molecule is Cc1ccccc1CC(=O)NCC(=O)Nc1cccc(Cl)c1C. The fourth-order valence-corrected chi connectivity index (χ4v) is 2.33. The zero-order chi connectivity index (χ0) is 16.8. The number of anilines is 1. The first-order valence-corrected chi connectivity index (χ1v) is 7.71. The van der Waals surface area contributed by atoms with Crippen LogP contribution >= 0.6 is 11.6 Å². The van der Waals surface area contributed by atoms with E-state index in [1.165, 1.54) is 0 Å². The molecule has 2 aromatic carbocycles. The number of halogens is 1. The number of amides is 2. The van der Waals surface area contributed by atoms with Crippen LogP contribution in [0.15, 0.2) is 42.5 Å². The lowest BCUT2D eigenvalue weighted by molar-refractivity contribution is -0.123. The number of benzene rings is 2. The second-order valence-corrected chi connectivity index (χ2v) is 5.75. The molecule has 2 amide bonds. The van der Waals surface area contributed by atoms with Gasteiger partial charge in [0.25, 0.3) is 0 Å². The predicted molar refractivity (Wildman–Crippen MR) is 92.7 cm³/mol. The average molecular weight is 331 g/mol. The molecule has 23 heavy (non-hydrogen) atoms. The first kappa shape index (κ1) is 17.0. The van der Waals surface area contributed by atoms with E-state index in [-0.39, 0.29) is 24.8 Å². The summed E-state index contributed by atoms with van der Waals surface area (Å²) in [4.78, 5) is 23.9. The van der Waals surface area contributed by atoms with Crippen molar-refractivity contribution in [3.63, 3.8) is 0 Å². The Balaban J connectivity index is 1.86. The molecule has 120 valence electrons. The normalized spacial score (nSPS) is 10.2. The number of hydrogen-bond donors (Lipinski definition) is 2. The highest BCUT2D eigenvalue weighted by Crippen LogP contribution is 2.22. The summed E-state index contributed by atoms with van der Waals surface area (Å²) in [5, 5.41) is 5.96. The van der Waals surface area contributed by atoms with Crippen LogP contribution in [0.1, 0.15) is 16.7 Å². The molecule has 0 unspecified atom stereocenters. The van der Waals surface area contributed by atoms with Crippen molar-refractivity contribution in [1.29, 1.82) is 0 Å². The van der Waals surface area contributed by atoms with Crippen LogP contribution in [0, 0.1) is 13.8 Å². The number of hydrogen-bond acceptors (Lipinski definition) is 2. The van der Waals surface area contributed by atoms with E-state index < -0.39 is 0 Å². The summed E-state index contributed by atoms with van der Waals surface area (Å²) in [6, 6.07) is 13.0. The third-order valence-corrected chi connectivity index (χ3v) is 4.01. The molecule has 0 aliphatic heterocycles. The summed E-state index contributed by atoms with van der Waals surface area (Å²) in [7, 11) is 0. The Morgan fingerprint density at radius 2 is 1.74 bits per heavy atom. The van der Waals surface area contributed by atoms with Gasteiger partial charge in [0.15, 0.2) is 0 Å². The van der Waals surface area contributed by atoms with Crippen molar-refractivity contribution in [3.8, 4) is 0 Å². The third-order valence-electron chi connectivity index (χ3n) is 3.60.